The largest absolute Gasteiger partial charge is 0.444 e. The lowest BCUT2D eigenvalue weighted by Crippen LogP contribution is -2.32. The number of alkyl carbamates (subject to hydrolysis) is 1. The van der Waals surface area contributed by atoms with Crippen molar-refractivity contribution in [2.75, 3.05) is 6.54 Å². The molecule has 0 atom stereocenters. The summed E-state index contributed by atoms with van der Waals surface area (Å²) in [4.78, 5) is 11.4. The molecule has 0 aliphatic heterocycles. The highest BCUT2D eigenvalue weighted by atomic mass is 19.1. The number of benzene rings is 1. The molecule has 0 saturated heterocycles. The molecule has 1 aromatic carbocycles. The van der Waals surface area contributed by atoms with Crippen LogP contribution in [0.2, 0.25) is 0 Å². The van der Waals surface area contributed by atoms with Crippen LogP contribution in [0.15, 0.2) is 24.3 Å². The van der Waals surface area contributed by atoms with Crippen molar-refractivity contribution in [3.63, 3.8) is 0 Å². The minimum atomic E-state index is -0.546. The number of hydrogen-bond donors (Lipinski definition) is 2. The fourth-order valence-corrected chi connectivity index (χ4v) is 1.46. The van der Waals surface area contributed by atoms with Crippen molar-refractivity contribution in [1.82, 2.24) is 5.32 Å². The lowest BCUT2D eigenvalue weighted by atomic mass is 10.1. The van der Waals surface area contributed by atoms with Crippen LogP contribution in [-0.2, 0) is 11.3 Å². The van der Waals surface area contributed by atoms with Gasteiger partial charge in [-0.3, -0.25) is 0 Å². The molecule has 1 aromatic rings. The van der Waals surface area contributed by atoms with E-state index in [0.29, 0.717) is 11.1 Å². The van der Waals surface area contributed by atoms with E-state index in [9.17, 15) is 9.18 Å². The Kier molecular flexibility index (Phi) is 5.70. The zero-order valence-electron chi connectivity index (χ0n) is 11.9. The number of carbonyl (C=O) groups excluding carboxylic acids is 1. The lowest BCUT2D eigenvalue weighted by molar-refractivity contribution is 0.0534. The second-order valence-corrected chi connectivity index (χ2v) is 5.30. The van der Waals surface area contributed by atoms with E-state index >= 15 is 0 Å². The van der Waals surface area contributed by atoms with Gasteiger partial charge in [0.1, 0.15) is 11.4 Å². The molecule has 0 aliphatic carbocycles. The maximum absolute atomic E-state index is 13.5. The fraction of sp³-hybridized carbons (Fsp3) is 0.400. The van der Waals surface area contributed by atoms with Crippen LogP contribution < -0.4 is 5.32 Å². The minimum Gasteiger partial charge on any atom is -0.444 e. The van der Waals surface area contributed by atoms with E-state index < -0.39 is 11.7 Å². The summed E-state index contributed by atoms with van der Waals surface area (Å²) >= 11 is 0. The number of halogens is 1. The predicted octanol–water partition coefficient (Wildman–Crippen LogP) is 2.86. The van der Waals surface area contributed by atoms with Crippen LogP contribution in [0.5, 0.6) is 0 Å². The summed E-state index contributed by atoms with van der Waals surface area (Å²) in [5.74, 6) is -0.379. The van der Waals surface area contributed by atoms with Crippen LogP contribution in [0.3, 0.4) is 0 Å². The van der Waals surface area contributed by atoms with Crippen LogP contribution in [0.1, 0.15) is 31.9 Å². The first-order chi connectivity index (χ1) is 9.31. The third-order valence-corrected chi connectivity index (χ3v) is 2.30. The number of aliphatic hydroxyl groups is 1. The van der Waals surface area contributed by atoms with E-state index in [1.165, 1.54) is 12.1 Å². The van der Waals surface area contributed by atoms with E-state index in [1.54, 1.807) is 39.0 Å². The average molecular weight is 281 g/mol. The summed E-state index contributed by atoms with van der Waals surface area (Å²) in [5.41, 5.74) is 0.448. The molecule has 0 radical (unpaired) electrons. The van der Waals surface area contributed by atoms with Gasteiger partial charge in [0.15, 0.2) is 0 Å². The summed E-state index contributed by atoms with van der Waals surface area (Å²) < 4.78 is 18.5. The zero-order valence-corrected chi connectivity index (χ0v) is 11.9. The van der Waals surface area contributed by atoms with Crippen LogP contribution in [-0.4, -0.2) is 23.3 Å². The lowest BCUT2D eigenvalue weighted by Gasteiger charge is -2.19. The number of rotatable bonds is 4. The van der Waals surface area contributed by atoms with E-state index in [1.807, 2.05) is 0 Å². The summed E-state index contributed by atoms with van der Waals surface area (Å²) in [6.45, 7) is 5.42. The van der Waals surface area contributed by atoms with Crippen LogP contribution >= 0.6 is 0 Å². The molecule has 1 amide bonds. The van der Waals surface area contributed by atoms with Crippen molar-refractivity contribution in [3.05, 3.63) is 41.2 Å². The van der Waals surface area contributed by atoms with Crippen LogP contribution in [0.25, 0.3) is 6.08 Å². The van der Waals surface area contributed by atoms with Crippen molar-refractivity contribution in [1.29, 1.82) is 0 Å². The first kappa shape index (κ1) is 16.2. The predicted molar refractivity (Wildman–Crippen MR) is 75.6 cm³/mol. The van der Waals surface area contributed by atoms with Gasteiger partial charge in [0, 0.05) is 12.1 Å². The summed E-state index contributed by atoms with van der Waals surface area (Å²) in [6.07, 6.45) is 2.64. The highest BCUT2D eigenvalue weighted by molar-refractivity contribution is 5.68. The molecule has 0 bridgehead atoms. The molecule has 0 fully saturated rings. The number of hydrogen-bond acceptors (Lipinski definition) is 3. The number of nitrogens with one attached hydrogen (secondary N) is 1. The maximum Gasteiger partial charge on any atom is 0.407 e. The first-order valence-electron chi connectivity index (χ1n) is 6.34. The van der Waals surface area contributed by atoms with E-state index in [0.717, 1.165) is 0 Å². The SMILES string of the molecule is CC(C)(C)OC(=O)NCC=Cc1cc(CO)ccc1F. The molecule has 2 N–H and O–H groups in total. The third-order valence-electron chi connectivity index (χ3n) is 2.30. The molecule has 110 valence electrons. The number of amides is 1. The van der Waals surface area contributed by atoms with Gasteiger partial charge in [0.2, 0.25) is 0 Å². The van der Waals surface area contributed by atoms with E-state index in [2.05, 4.69) is 5.32 Å². The van der Waals surface area contributed by atoms with E-state index in [-0.39, 0.29) is 19.0 Å². The Balaban J connectivity index is 2.51. The van der Waals surface area contributed by atoms with Crippen molar-refractivity contribution < 1.29 is 19.0 Å². The number of ether oxygens (including phenoxy) is 1. The molecule has 4 nitrogen and oxygen atoms in total. The fourth-order valence-electron chi connectivity index (χ4n) is 1.46. The zero-order chi connectivity index (χ0) is 15.2. The standard InChI is InChI=1S/C15H20FNO3/c1-15(2,3)20-14(19)17-8-4-5-12-9-11(10-18)6-7-13(12)16/h4-7,9,18H,8,10H2,1-3H3,(H,17,19). The highest BCUT2D eigenvalue weighted by Gasteiger charge is 2.14. The molecule has 1 rings (SSSR count). The van der Waals surface area contributed by atoms with Gasteiger partial charge in [-0.25, -0.2) is 9.18 Å². The normalized spacial score (nSPS) is 11.7. The van der Waals surface area contributed by atoms with E-state index in [4.69, 9.17) is 9.84 Å². The third kappa shape index (κ3) is 5.84. The minimum absolute atomic E-state index is 0.142. The second-order valence-electron chi connectivity index (χ2n) is 5.30. The number of aliphatic hydroxyl groups excluding tert-OH is 1. The van der Waals surface area contributed by atoms with Gasteiger partial charge in [-0.15, -0.1) is 0 Å². The van der Waals surface area contributed by atoms with Crippen molar-refractivity contribution in [2.24, 2.45) is 0 Å². The number of carbonyl (C=O) groups is 1. The van der Waals surface area contributed by atoms with Crippen molar-refractivity contribution >= 4 is 12.2 Å². The molecule has 0 saturated carbocycles. The Bertz CT molecular complexity index is 492. The summed E-state index contributed by atoms with van der Waals surface area (Å²) in [5, 5.41) is 11.5. The van der Waals surface area contributed by atoms with Crippen LogP contribution in [0.4, 0.5) is 9.18 Å². The molecular formula is C15H20FNO3. The van der Waals surface area contributed by atoms with Crippen LogP contribution in [0, 0.1) is 5.82 Å². The van der Waals surface area contributed by atoms with Gasteiger partial charge < -0.3 is 15.2 Å². The second kappa shape index (κ2) is 7.05. The Morgan fingerprint density at radius 2 is 2.15 bits per heavy atom. The molecule has 5 heteroatoms. The Labute approximate surface area is 118 Å². The maximum atomic E-state index is 13.5. The molecule has 0 aromatic heterocycles. The van der Waals surface area contributed by atoms with Gasteiger partial charge in [0.05, 0.1) is 6.61 Å². The van der Waals surface area contributed by atoms with Gasteiger partial charge >= 0.3 is 6.09 Å². The monoisotopic (exact) mass is 281 g/mol. The van der Waals surface area contributed by atoms with Crippen molar-refractivity contribution in [3.8, 4) is 0 Å². The first-order valence-corrected chi connectivity index (χ1v) is 6.34. The van der Waals surface area contributed by atoms with Gasteiger partial charge in [-0.1, -0.05) is 18.2 Å². The quantitative estimate of drug-likeness (QED) is 0.892. The molecule has 20 heavy (non-hydrogen) atoms. The van der Waals surface area contributed by atoms with Gasteiger partial charge in [-0.2, -0.15) is 0 Å². The molecule has 0 unspecified atom stereocenters. The Hall–Kier alpha value is -1.88. The molecule has 0 spiro atoms. The Morgan fingerprint density at radius 3 is 2.75 bits per heavy atom. The molecule has 0 heterocycles. The molecular weight excluding hydrogens is 261 g/mol. The van der Waals surface area contributed by atoms with Crippen molar-refractivity contribution in [2.45, 2.75) is 33.0 Å². The van der Waals surface area contributed by atoms with Gasteiger partial charge in [0.25, 0.3) is 0 Å². The topological polar surface area (TPSA) is 58.6 Å². The molecule has 0 aliphatic rings. The average Bonchev–Trinajstić information content (AvgIpc) is 2.34. The Morgan fingerprint density at radius 1 is 1.45 bits per heavy atom. The smallest absolute Gasteiger partial charge is 0.407 e. The summed E-state index contributed by atoms with van der Waals surface area (Å²) in [7, 11) is 0. The highest BCUT2D eigenvalue weighted by Crippen LogP contribution is 2.12. The summed E-state index contributed by atoms with van der Waals surface area (Å²) in [6, 6.07) is 4.37. The van der Waals surface area contributed by atoms with Gasteiger partial charge in [-0.05, 0) is 38.5 Å².